The van der Waals surface area contributed by atoms with Gasteiger partial charge in [-0.1, -0.05) is 11.6 Å². The highest BCUT2D eigenvalue weighted by molar-refractivity contribution is 9.10. The van der Waals surface area contributed by atoms with Crippen LogP contribution < -0.4 is 0 Å². The van der Waals surface area contributed by atoms with E-state index in [0.717, 1.165) is 19.5 Å². The molecule has 1 N–H and O–H groups in total. The summed E-state index contributed by atoms with van der Waals surface area (Å²) in [5.74, 6) is 0. The monoisotopic (exact) mass is 262 g/mol. The van der Waals surface area contributed by atoms with Gasteiger partial charge < -0.3 is 4.98 Å². The van der Waals surface area contributed by atoms with E-state index < -0.39 is 0 Å². The van der Waals surface area contributed by atoms with Gasteiger partial charge in [0.05, 0.1) is 15.5 Å². The maximum absolute atomic E-state index is 5.79. The van der Waals surface area contributed by atoms with Gasteiger partial charge in [0, 0.05) is 0 Å². The maximum Gasteiger partial charge on any atom is 0.113 e. The lowest BCUT2D eigenvalue weighted by molar-refractivity contribution is 1.30. The Balaban J connectivity index is 2.50. The van der Waals surface area contributed by atoms with Gasteiger partial charge >= 0.3 is 0 Å². The molecule has 2 aromatic heterocycles. The molecular formula is C7H4BrClN2S. The third kappa shape index (κ3) is 1.42. The molecule has 0 bridgehead atoms. The van der Waals surface area contributed by atoms with Gasteiger partial charge in [0.25, 0.3) is 0 Å². The third-order valence-electron chi connectivity index (χ3n) is 1.40. The standard InChI is InChI=1S/C7H4BrClN2S/c8-7-6(10-3-11-7)4-1-2-5(9)12-4/h1-3H,(H,10,11). The summed E-state index contributed by atoms with van der Waals surface area (Å²) in [7, 11) is 0. The molecule has 2 heterocycles. The third-order valence-corrected chi connectivity index (χ3v) is 3.24. The largest absolute Gasteiger partial charge is 0.339 e. The first kappa shape index (κ1) is 8.29. The van der Waals surface area contributed by atoms with E-state index in [-0.39, 0.29) is 0 Å². The molecule has 62 valence electrons. The Labute approximate surface area is 86.7 Å². The highest BCUT2D eigenvalue weighted by Gasteiger charge is 2.07. The molecule has 12 heavy (non-hydrogen) atoms. The number of thiophene rings is 1. The summed E-state index contributed by atoms with van der Waals surface area (Å²) in [4.78, 5) is 8.16. The lowest BCUT2D eigenvalue weighted by Gasteiger charge is -1.88. The maximum atomic E-state index is 5.79. The van der Waals surface area contributed by atoms with Gasteiger partial charge in [-0.15, -0.1) is 11.3 Å². The lowest BCUT2D eigenvalue weighted by atomic mass is 10.4. The first-order valence-electron chi connectivity index (χ1n) is 3.22. The van der Waals surface area contributed by atoms with Crippen LogP contribution in [0.15, 0.2) is 23.1 Å². The molecule has 0 saturated heterocycles. The number of rotatable bonds is 1. The Bertz CT molecular complexity index is 396. The fourth-order valence-corrected chi connectivity index (χ4v) is 2.49. The molecule has 0 aromatic carbocycles. The van der Waals surface area contributed by atoms with Crippen molar-refractivity contribution in [2.45, 2.75) is 0 Å². The van der Waals surface area contributed by atoms with Crippen LogP contribution in [-0.4, -0.2) is 9.97 Å². The zero-order valence-electron chi connectivity index (χ0n) is 5.84. The van der Waals surface area contributed by atoms with Crippen molar-refractivity contribution in [3.63, 3.8) is 0 Å². The highest BCUT2D eigenvalue weighted by Crippen LogP contribution is 2.32. The van der Waals surface area contributed by atoms with Crippen molar-refractivity contribution in [1.29, 1.82) is 0 Å². The SMILES string of the molecule is Clc1ccc(-c2nc[nH]c2Br)s1. The second-order valence-electron chi connectivity index (χ2n) is 2.17. The van der Waals surface area contributed by atoms with E-state index in [0.29, 0.717) is 0 Å². The van der Waals surface area contributed by atoms with Crippen molar-refractivity contribution in [1.82, 2.24) is 9.97 Å². The molecule has 0 amide bonds. The quantitative estimate of drug-likeness (QED) is 0.837. The molecule has 0 aliphatic rings. The molecule has 2 rings (SSSR count). The van der Waals surface area contributed by atoms with Crippen molar-refractivity contribution >= 4 is 38.9 Å². The number of halogens is 2. The molecule has 2 aromatic rings. The van der Waals surface area contributed by atoms with Gasteiger partial charge in [-0.3, -0.25) is 0 Å². The van der Waals surface area contributed by atoms with Crippen LogP contribution in [0, 0.1) is 0 Å². The van der Waals surface area contributed by atoms with Crippen molar-refractivity contribution in [3.8, 4) is 10.6 Å². The van der Waals surface area contributed by atoms with E-state index in [1.165, 1.54) is 11.3 Å². The molecule has 0 aliphatic heterocycles. The topological polar surface area (TPSA) is 28.7 Å². The minimum Gasteiger partial charge on any atom is -0.339 e. The summed E-state index contributed by atoms with van der Waals surface area (Å²) in [5.41, 5.74) is 0.909. The van der Waals surface area contributed by atoms with Crippen molar-refractivity contribution in [3.05, 3.63) is 27.4 Å². The van der Waals surface area contributed by atoms with Gasteiger partial charge in [0.2, 0.25) is 0 Å². The van der Waals surface area contributed by atoms with Crippen LogP contribution in [0.5, 0.6) is 0 Å². The van der Waals surface area contributed by atoms with E-state index in [1.807, 2.05) is 12.1 Å². The number of H-pyrrole nitrogens is 1. The minimum atomic E-state index is 0.778. The van der Waals surface area contributed by atoms with E-state index in [1.54, 1.807) is 6.33 Å². The van der Waals surface area contributed by atoms with Crippen molar-refractivity contribution in [2.75, 3.05) is 0 Å². The first-order chi connectivity index (χ1) is 5.77. The summed E-state index contributed by atoms with van der Waals surface area (Å²) in [6.07, 6.45) is 1.65. The van der Waals surface area contributed by atoms with Crippen LogP contribution in [0.3, 0.4) is 0 Å². The number of hydrogen-bond donors (Lipinski definition) is 1. The summed E-state index contributed by atoms with van der Waals surface area (Å²) in [5, 5.41) is 0. The first-order valence-corrected chi connectivity index (χ1v) is 5.20. The van der Waals surface area contributed by atoms with Crippen LogP contribution in [0.25, 0.3) is 10.6 Å². The zero-order chi connectivity index (χ0) is 8.55. The lowest BCUT2D eigenvalue weighted by Crippen LogP contribution is -1.70. The normalized spacial score (nSPS) is 10.5. The molecular weight excluding hydrogens is 260 g/mol. The molecule has 0 atom stereocenters. The molecule has 0 unspecified atom stereocenters. The molecule has 2 nitrogen and oxygen atoms in total. The minimum absolute atomic E-state index is 0.778. The number of nitrogens with one attached hydrogen (secondary N) is 1. The predicted molar refractivity (Wildman–Crippen MR) is 54.6 cm³/mol. The van der Waals surface area contributed by atoms with Crippen molar-refractivity contribution < 1.29 is 0 Å². The van der Waals surface area contributed by atoms with Crippen LogP contribution in [0.2, 0.25) is 4.34 Å². The van der Waals surface area contributed by atoms with Crippen molar-refractivity contribution in [2.24, 2.45) is 0 Å². The van der Waals surface area contributed by atoms with Crippen LogP contribution in [-0.2, 0) is 0 Å². The zero-order valence-corrected chi connectivity index (χ0v) is 9.00. The molecule has 0 saturated carbocycles. The molecule has 0 spiro atoms. The Kier molecular flexibility index (Phi) is 2.21. The molecule has 5 heteroatoms. The van der Waals surface area contributed by atoms with Gasteiger partial charge in [-0.05, 0) is 28.1 Å². The van der Waals surface area contributed by atoms with Gasteiger partial charge in [-0.25, -0.2) is 4.98 Å². The number of hydrogen-bond acceptors (Lipinski definition) is 2. The summed E-state index contributed by atoms with van der Waals surface area (Å²) < 4.78 is 1.67. The smallest absolute Gasteiger partial charge is 0.113 e. The predicted octanol–water partition coefficient (Wildman–Crippen LogP) is 3.55. The van der Waals surface area contributed by atoms with Gasteiger partial charge in [-0.2, -0.15) is 0 Å². The highest BCUT2D eigenvalue weighted by atomic mass is 79.9. The Morgan fingerprint density at radius 3 is 2.83 bits per heavy atom. The Hall–Kier alpha value is -0.320. The molecule has 0 aliphatic carbocycles. The fourth-order valence-electron chi connectivity index (χ4n) is 0.892. The summed E-state index contributed by atoms with van der Waals surface area (Å²) in [6, 6.07) is 3.82. The average molecular weight is 264 g/mol. The van der Waals surface area contributed by atoms with E-state index in [4.69, 9.17) is 11.6 Å². The Morgan fingerprint density at radius 1 is 1.50 bits per heavy atom. The van der Waals surface area contributed by atoms with Gasteiger partial charge in [0.1, 0.15) is 10.3 Å². The van der Waals surface area contributed by atoms with E-state index in [9.17, 15) is 0 Å². The summed E-state index contributed by atoms with van der Waals surface area (Å²) in [6.45, 7) is 0. The second kappa shape index (κ2) is 3.20. The van der Waals surface area contributed by atoms with Crippen LogP contribution >= 0.6 is 38.9 Å². The average Bonchev–Trinajstić information content (AvgIpc) is 2.58. The second-order valence-corrected chi connectivity index (χ2v) is 4.68. The number of aromatic nitrogens is 2. The van der Waals surface area contributed by atoms with Gasteiger partial charge in [0.15, 0.2) is 0 Å². The molecule has 0 fully saturated rings. The van der Waals surface area contributed by atoms with Crippen LogP contribution in [0.4, 0.5) is 0 Å². The number of nitrogens with zero attached hydrogens (tertiary/aromatic N) is 1. The van der Waals surface area contributed by atoms with E-state index >= 15 is 0 Å². The van der Waals surface area contributed by atoms with E-state index in [2.05, 4.69) is 25.9 Å². The molecule has 0 radical (unpaired) electrons. The van der Waals surface area contributed by atoms with Crippen LogP contribution in [0.1, 0.15) is 0 Å². The number of imidazole rings is 1. The number of aromatic amines is 1. The summed E-state index contributed by atoms with van der Waals surface area (Å²) >= 11 is 10.7. The fraction of sp³-hybridized carbons (Fsp3) is 0. The Morgan fingerprint density at radius 2 is 2.33 bits per heavy atom.